The molecule has 0 spiro atoms. The van der Waals surface area contributed by atoms with Gasteiger partial charge in [0.2, 0.25) is 0 Å². The average Bonchev–Trinajstić information content (AvgIpc) is 2.86. The summed E-state index contributed by atoms with van der Waals surface area (Å²) in [6.07, 6.45) is 3.21. The minimum atomic E-state index is -0.155. The van der Waals surface area contributed by atoms with Crippen LogP contribution < -0.4 is 11.3 Å². The summed E-state index contributed by atoms with van der Waals surface area (Å²) < 4.78 is 0.483. The first-order valence-electron chi connectivity index (χ1n) is 6.01. The van der Waals surface area contributed by atoms with Crippen LogP contribution in [0.25, 0.3) is 0 Å². The van der Waals surface area contributed by atoms with E-state index in [4.69, 9.17) is 5.73 Å². The number of halogens is 1. The van der Waals surface area contributed by atoms with E-state index in [2.05, 4.69) is 30.9 Å². The van der Waals surface area contributed by atoms with Gasteiger partial charge in [0.1, 0.15) is 4.47 Å². The fourth-order valence-corrected chi connectivity index (χ4v) is 3.19. The summed E-state index contributed by atoms with van der Waals surface area (Å²) in [6, 6.07) is -0.134. The predicted molar refractivity (Wildman–Crippen MR) is 86.4 cm³/mol. The molecule has 0 fully saturated rings. The fourth-order valence-electron chi connectivity index (χ4n) is 1.74. The maximum Gasteiger partial charge on any atom is 0.266 e. The van der Waals surface area contributed by atoms with Crippen molar-refractivity contribution in [3.8, 4) is 0 Å². The second kappa shape index (κ2) is 6.84. The largest absolute Gasteiger partial charge is 0.323 e. The number of aromatic nitrogens is 3. The Morgan fingerprint density at radius 3 is 2.90 bits per heavy atom. The van der Waals surface area contributed by atoms with Gasteiger partial charge < -0.3 is 10.7 Å². The number of rotatable bonds is 5. The highest BCUT2D eigenvalue weighted by atomic mass is 79.9. The van der Waals surface area contributed by atoms with E-state index >= 15 is 0 Å². The topological polar surface area (TPSA) is 84.7 Å². The van der Waals surface area contributed by atoms with Crippen LogP contribution >= 0.6 is 39.0 Å². The molecule has 0 amide bonds. The second-order valence-electron chi connectivity index (χ2n) is 4.27. The lowest BCUT2D eigenvalue weighted by atomic mass is 10.1. The van der Waals surface area contributed by atoms with Gasteiger partial charge in [0.05, 0.1) is 16.4 Å². The molecule has 5 nitrogen and oxygen atoms in total. The lowest BCUT2D eigenvalue weighted by Gasteiger charge is -2.09. The molecule has 2 aromatic rings. The molecule has 0 radical (unpaired) electrons. The van der Waals surface area contributed by atoms with Crippen LogP contribution in [0.1, 0.15) is 28.9 Å². The summed E-state index contributed by atoms with van der Waals surface area (Å²) in [5, 5.41) is 3.61. The van der Waals surface area contributed by atoms with Gasteiger partial charge in [-0.3, -0.25) is 4.79 Å². The van der Waals surface area contributed by atoms with Crippen LogP contribution in [0.5, 0.6) is 0 Å². The molecule has 2 rings (SSSR count). The van der Waals surface area contributed by atoms with E-state index < -0.39 is 0 Å². The standard InChI is InChI=1S/C12H15BrN4OS2/c1-6-15-9(5-20-6)7(14)3-4-8-10(13)11(18)17-12(16-8)19-2/h5,7H,3-4,14H2,1-2H3,(H,16,17,18)/t7-/m0/s1. The second-order valence-corrected chi connectivity index (χ2v) is 6.92. The van der Waals surface area contributed by atoms with Gasteiger partial charge in [0.15, 0.2) is 5.16 Å². The smallest absolute Gasteiger partial charge is 0.266 e. The Hall–Kier alpha value is -0.700. The van der Waals surface area contributed by atoms with Crippen LogP contribution in [0.3, 0.4) is 0 Å². The fraction of sp³-hybridized carbons (Fsp3) is 0.417. The number of aromatic amines is 1. The number of aryl methyl sites for hydroxylation is 2. The zero-order valence-corrected chi connectivity index (χ0v) is 14.4. The number of hydrogen-bond acceptors (Lipinski definition) is 6. The third-order valence-electron chi connectivity index (χ3n) is 2.81. The Bertz CT molecular complexity index is 655. The monoisotopic (exact) mass is 374 g/mol. The molecular weight excluding hydrogens is 360 g/mol. The van der Waals surface area contributed by atoms with Gasteiger partial charge in [0, 0.05) is 11.4 Å². The first-order valence-corrected chi connectivity index (χ1v) is 8.91. The summed E-state index contributed by atoms with van der Waals surface area (Å²) in [4.78, 5) is 23.2. The van der Waals surface area contributed by atoms with Gasteiger partial charge in [-0.05, 0) is 42.0 Å². The first-order chi connectivity index (χ1) is 9.51. The summed E-state index contributed by atoms with van der Waals surface area (Å²) in [7, 11) is 0. The third kappa shape index (κ3) is 3.69. The van der Waals surface area contributed by atoms with E-state index in [0.29, 0.717) is 22.5 Å². The van der Waals surface area contributed by atoms with Gasteiger partial charge in [-0.25, -0.2) is 9.97 Å². The van der Waals surface area contributed by atoms with Gasteiger partial charge in [-0.1, -0.05) is 11.8 Å². The predicted octanol–water partition coefficient (Wildman–Crippen LogP) is 2.65. The van der Waals surface area contributed by atoms with Gasteiger partial charge in [-0.15, -0.1) is 11.3 Å². The molecule has 0 unspecified atom stereocenters. The molecule has 2 aromatic heterocycles. The van der Waals surface area contributed by atoms with E-state index in [1.54, 1.807) is 11.3 Å². The summed E-state index contributed by atoms with van der Waals surface area (Å²) in [6.45, 7) is 1.96. The van der Waals surface area contributed by atoms with Gasteiger partial charge in [0.25, 0.3) is 5.56 Å². The normalized spacial score (nSPS) is 12.6. The maximum atomic E-state index is 11.7. The van der Waals surface area contributed by atoms with Crippen molar-refractivity contribution in [1.82, 2.24) is 15.0 Å². The van der Waals surface area contributed by atoms with Crippen molar-refractivity contribution in [2.45, 2.75) is 31.0 Å². The van der Waals surface area contributed by atoms with E-state index in [9.17, 15) is 4.79 Å². The molecule has 0 bridgehead atoms. The van der Waals surface area contributed by atoms with E-state index in [-0.39, 0.29) is 11.6 Å². The van der Waals surface area contributed by atoms with Crippen molar-refractivity contribution in [2.24, 2.45) is 5.73 Å². The number of nitrogens with two attached hydrogens (primary N) is 1. The molecule has 108 valence electrons. The highest BCUT2D eigenvalue weighted by Crippen LogP contribution is 2.21. The third-order valence-corrected chi connectivity index (χ3v) is 5.00. The highest BCUT2D eigenvalue weighted by molar-refractivity contribution is 9.10. The Kier molecular flexibility index (Phi) is 5.36. The van der Waals surface area contributed by atoms with Crippen molar-refractivity contribution in [3.63, 3.8) is 0 Å². The zero-order valence-electron chi connectivity index (χ0n) is 11.1. The molecule has 0 aliphatic heterocycles. The molecule has 3 N–H and O–H groups in total. The van der Waals surface area contributed by atoms with Crippen molar-refractivity contribution in [1.29, 1.82) is 0 Å². The molecule has 0 aliphatic rings. The van der Waals surface area contributed by atoms with E-state index in [0.717, 1.165) is 16.4 Å². The Morgan fingerprint density at radius 1 is 1.55 bits per heavy atom. The maximum absolute atomic E-state index is 11.7. The molecule has 8 heteroatoms. The number of H-pyrrole nitrogens is 1. The number of hydrogen-bond donors (Lipinski definition) is 2. The van der Waals surface area contributed by atoms with Crippen LogP contribution in [0.4, 0.5) is 0 Å². The molecule has 0 saturated carbocycles. The van der Waals surface area contributed by atoms with Crippen LogP contribution in [-0.4, -0.2) is 21.2 Å². The molecule has 2 heterocycles. The first kappa shape index (κ1) is 15.7. The van der Waals surface area contributed by atoms with Gasteiger partial charge in [-0.2, -0.15) is 0 Å². The van der Waals surface area contributed by atoms with Crippen LogP contribution in [0, 0.1) is 6.92 Å². The minimum absolute atomic E-state index is 0.134. The molecular formula is C12H15BrN4OS2. The van der Waals surface area contributed by atoms with Crippen molar-refractivity contribution in [2.75, 3.05) is 6.26 Å². The SMILES string of the molecule is CSc1nc(CC[C@H](N)c2csc(C)n2)c(Br)c(=O)[nH]1. The van der Waals surface area contributed by atoms with Crippen LogP contribution in [0.15, 0.2) is 19.8 Å². The number of nitrogens with one attached hydrogen (secondary N) is 1. The number of thiazole rings is 1. The van der Waals surface area contributed by atoms with E-state index in [1.165, 1.54) is 11.8 Å². The molecule has 0 aromatic carbocycles. The van der Waals surface area contributed by atoms with Crippen molar-refractivity contribution >= 4 is 39.0 Å². The summed E-state index contributed by atoms with van der Waals surface area (Å²) >= 11 is 6.29. The average molecular weight is 375 g/mol. The van der Waals surface area contributed by atoms with Crippen LogP contribution in [-0.2, 0) is 6.42 Å². The number of nitrogens with zero attached hydrogens (tertiary/aromatic N) is 2. The quantitative estimate of drug-likeness (QED) is 0.620. The van der Waals surface area contributed by atoms with E-state index in [1.807, 2.05) is 18.6 Å². The molecule has 0 saturated heterocycles. The minimum Gasteiger partial charge on any atom is -0.323 e. The van der Waals surface area contributed by atoms with Crippen molar-refractivity contribution < 1.29 is 0 Å². The molecule has 0 aliphatic carbocycles. The van der Waals surface area contributed by atoms with Crippen molar-refractivity contribution in [3.05, 3.63) is 36.6 Å². The Morgan fingerprint density at radius 2 is 2.30 bits per heavy atom. The summed E-state index contributed by atoms with van der Waals surface area (Å²) in [5.74, 6) is 0. The van der Waals surface area contributed by atoms with Gasteiger partial charge >= 0.3 is 0 Å². The van der Waals surface area contributed by atoms with Crippen LogP contribution in [0.2, 0.25) is 0 Å². The lowest BCUT2D eigenvalue weighted by Crippen LogP contribution is -2.16. The zero-order chi connectivity index (χ0) is 14.7. The summed E-state index contributed by atoms with van der Waals surface area (Å²) in [5.41, 5.74) is 7.61. The Labute approximate surface area is 133 Å². The number of thioether (sulfide) groups is 1. The lowest BCUT2D eigenvalue weighted by molar-refractivity contribution is 0.622. The molecule has 20 heavy (non-hydrogen) atoms. The highest BCUT2D eigenvalue weighted by Gasteiger charge is 2.13. The molecule has 1 atom stereocenters. The Balaban J connectivity index is 2.11.